The zero-order chi connectivity index (χ0) is 15.2. The second-order valence-corrected chi connectivity index (χ2v) is 4.59. The second-order valence-electron chi connectivity index (χ2n) is 4.59. The molecular formula is C15H19F2N3O. The second kappa shape index (κ2) is 7.17. The normalized spacial score (nSPS) is 12.6. The Hall–Kier alpha value is -1.95. The molecule has 2 aromatic rings. The van der Waals surface area contributed by atoms with Gasteiger partial charge in [-0.2, -0.15) is 8.78 Å². The quantitative estimate of drug-likeness (QED) is 0.853. The van der Waals surface area contributed by atoms with Gasteiger partial charge in [0.15, 0.2) is 0 Å². The van der Waals surface area contributed by atoms with E-state index in [1.165, 1.54) is 0 Å². The number of benzene rings is 1. The van der Waals surface area contributed by atoms with Crippen molar-refractivity contribution < 1.29 is 13.5 Å². The molecule has 21 heavy (non-hydrogen) atoms. The number of likely N-dealkylation sites (N-methyl/N-ethyl adjacent to an activating group) is 1. The van der Waals surface area contributed by atoms with Crippen LogP contribution in [-0.2, 0) is 13.0 Å². The number of halogens is 2. The lowest BCUT2D eigenvalue weighted by molar-refractivity contribution is -0.0507. The van der Waals surface area contributed by atoms with Gasteiger partial charge in [0.05, 0.1) is 0 Å². The lowest BCUT2D eigenvalue weighted by atomic mass is 10.0. The fourth-order valence-corrected chi connectivity index (χ4v) is 2.34. The number of nitrogens with one attached hydrogen (secondary N) is 1. The van der Waals surface area contributed by atoms with Crippen molar-refractivity contribution in [1.82, 2.24) is 14.9 Å². The van der Waals surface area contributed by atoms with Crippen molar-refractivity contribution >= 4 is 0 Å². The topological polar surface area (TPSA) is 39.1 Å². The first-order valence-electron chi connectivity index (χ1n) is 6.86. The summed E-state index contributed by atoms with van der Waals surface area (Å²) in [7, 11) is 1.79. The molecule has 0 saturated heterocycles. The average Bonchev–Trinajstić information content (AvgIpc) is 2.92. The Labute approximate surface area is 122 Å². The Morgan fingerprint density at radius 3 is 2.76 bits per heavy atom. The summed E-state index contributed by atoms with van der Waals surface area (Å²) in [5, 5.41) is 3.14. The first kappa shape index (κ1) is 15.4. The first-order valence-corrected chi connectivity index (χ1v) is 6.86. The molecule has 1 atom stereocenters. The summed E-state index contributed by atoms with van der Waals surface area (Å²) in [6, 6.07) is 6.69. The highest BCUT2D eigenvalue weighted by molar-refractivity contribution is 5.36. The number of para-hydroxylation sites is 1. The molecule has 1 aromatic heterocycles. The van der Waals surface area contributed by atoms with E-state index in [2.05, 4.69) is 15.0 Å². The van der Waals surface area contributed by atoms with Crippen LogP contribution in [0.25, 0.3) is 0 Å². The molecule has 0 amide bonds. The van der Waals surface area contributed by atoms with Crippen LogP contribution in [-0.4, -0.2) is 23.2 Å². The molecule has 0 aliphatic carbocycles. The number of imidazole rings is 1. The molecule has 0 radical (unpaired) electrons. The zero-order valence-electron chi connectivity index (χ0n) is 12.1. The Morgan fingerprint density at radius 1 is 1.33 bits per heavy atom. The molecule has 0 saturated carbocycles. The molecule has 1 heterocycles. The molecule has 6 heteroatoms. The maximum Gasteiger partial charge on any atom is 0.387 e. The van der Waals surface area contributed by atoms with Crippen LogP contribution in [0.1, 0.15) is 24.4 Å². The van der Waals surface area contributed by atoms with Crippen LogP contribution in [0.5, 0.6) is 5.75 Å². The fraction of sp³-hybridized carbons (Fsp3) is 0.400. The number of alkyl halides is 2. The molecule has 114 valence electrons. The number of aromatic nitrogens is 2. The molecule has 0 spiro atoms. The van der Waals surface area contributed by atoms with E-state index in [9.17, 15) is 8.78 Å². The van der Waals surface area contributed by atoms with Gasteiger partial charge in [-0.05, 0) is 20.0 Å². The number of nitrogens with zero attached hydrogens (tertiary/aromatic N) is 2. The third-order valence-electron chi connectivity index (χ3n) is 3.39. The van der Waals surface area contributed by atoms with Crippen LogP contribution >= 0.6 is 0 Å². The summed E-state index contributed by atoms with van der Waals surface area (Å²) >= 11 is 0. The summed E-state index contributed by atoms with van der Waals surface area (Å²) in [6.45, 7) is 0.0234. The standard InChI is InChI=1S/C15H19F2N3O/c1-3-20-9-8-19-14(20)10-12(18-2)11-6-4-5-7-13(11)21-15(16)17/h4-9,12,15,18H,3,10H2,1-2H3. The van der Waals surface area contributed by atoms with Crippen molar-refractivity contribution in [2.45, 2.75) is 32.5 Å². The number of hydrogen-bond donors (Lipinski definition) is 1. The summed E-state index contributed by atoms with van der Waals surface area (Å²) in [5.74, 6) is 1.10. The minimum atomic E-state index is -2.83. The third kappa shape index (κ3) is 3.78. The molecule has 0 aliphatic rings. The van der Waals surface area contributed by atoms with E-state index >= 15 is 0 Å². The number of ether oxygens (including phenoxy) is 1. The molecular weight excluding hydrogens is 276 g/mol. The van der Waals surface area contributed by atoms with Gasteiger partial charge in [0.2, 0.25) is 0 Å². The van der Waals surface area contributed by atoms with Gasteiger partial charge in [-0.1, -0.05) is 18.2 Å². The molecule has 1 aromatic carbocycles. The summed E-state index contributed by atoms with van der Waals surface area (Å²) in [4.78, 5) is 4.32. The molecule has 1 N–H and O–H groups in total. The van der Waals surface area contributed by atoms with E-state index in [0.29, 0.717) is 12.0 Å². The lowest BCUT2D eigenvalue weighted by Gasteiger charge is -2.20. The smallest absolute Gasteiger partial charge is 0.387 e. The van der Waals surface area contributed by atoms with Gasteiger partial charge in [-0.15, -0.1) is 0 Å². The summed E-state index contributed by atoms with van der Waals surface area (Å²) < 4.78 is 31.6. The van der Waals surface area contributed by atoms with Crippen LogP contribution in [0, 0.1) is 0 Å². The zero-order valence-corrected chi connectivity index (χ0v) is 12.1. The molecule has 4 nitrogen and oxygen atoms in total. The highest BCUT2D eigenvalue weighted by atomic mass is 19.3. The maximum absolute atomic E-state index is 12.5. The van der Waals surface area contributed by atoms with Gasteiger partial charge in [0.1, 0.15) is 11.6 Å². The summed E-state index contributed by atoms with van der Waals surface area (Å²) in [6.07, 6.45) is 4.25. The number of rotatable bonds is 7. The minimum Gasteiger partial charge on any atom is -0.434 e. The average molecular weight is 295 g/mol. The largest absolute Gasteiger partial charge is 0.434 e. The predicted molar refractivity (Wildman–Crippen MR) is 76.5 cm³/mol. The molecule has 0 bridgehead atoms. The third-order valence-corrected chi connectivity index (χ3v) is 3.39. The highest BCUT2D eigenvalue weighted by Crippen LogP contribution is 2.28. The van der Waals surface area contributed by atoms with E-state index in [1.54, 1.807) is 31.4 Å². The monoisotopic (exact) mass is 295 g/mol. The number of aryl methyl sites for hydroxylation is 1. The van der Waals surface area contributed by atoms with E-state index < -0.39 is 6.61 Å². The predicted octanol–water partition coefficient (Wildman–Crippen LogP) is 3.01. The van der Waals surface area contributed by atoms with Crippen LogP contribution in [0.15, 0.2) is 36.7 Å². The van der Waals surface area contributed by atoms with Gasteiger partial charge in [0, 0.05) is 37.0 Å². The minimum absolute atomic E-state index is 0.146. The van der Waals surface area contributed by atoms with Gasteiger partial charge >= 0.3 is 6.61 Å². The Morgan fingerprint density at radius 2 is 2.10 bits per heavy atom. The van der Waals surface area contributed by atoms with Crippen molar-refractivity contribution in [3.63, 3.8) is 0 Å². The molecule has 2 rings (SSSR count). The highest BCUT2D eigenvalue weighted by Gasteiger charge is 2.19. The van der Waals surface area contributed by atoms with Crippen molar-refractivity contribution in [1.29, 1.82) is 0 Å². The molecule has 0 aliphatic heterocycles. The van der Waals surface area contributed by atoms with E-state index in [0.717, 1.165) is 12.4 Å². The van der Waals surface area contributed by atoms with Gasteiger partial charge in [-0.3, -0.25) is 0 Å². The Balaban J connectivity index is 2.25. The molecule has 0 fully saturated rings. The lowest BCUT2D eigenvalue weighted by Crippen LogP contribution is -2.22. The van der Waals surface area contributed by atoms with Gasteiger partial charge < -0.3 is 14.6 Å². The first-order chi connectivity index (χ1) is 10.2. The van der Waals surface area contributed by atoms with Crippen LogP contribution < -0.4 is 10.1 Å². The SMILES string of the molecule is CCn1ccnc1CC(NC)c1ccccc1OC(F)F. The maximum atomic E-state index is 12.5. The fourth-order valence-electron chi connectivity index (χ4n) is 2.34. The Bertz CT molecular complexity index is 572. The van der Waals surface area contributed by atoms with Crippen molar-refractivity contribution in [2.24, 2.45) is 0 Å². The van der Waals surface area contributed by atoms with Crippen molar-refractivity contribution in [3.8, 4) is 5.75 Å². The van der Waals surface area contributed by atoms with Crippen LogP contribution in [0.4, 0.5) is 8.78 Å². The molecule has 1 unspecified atom stereocenters. The van der Waals surface area contributed by atoms with Gasteiger partial charge in [0.25, 0.3) is 0 Å². The van der Waals surface area contributed by atoms with Crippen molar-refractivity contribution in [2.75, 3.05) is 7.05 Å². The van der Waals surface area contributed by atoms with E-state index in [1.807, 2.05) is 23.8 Å². The van der Waals surface area contributed by atoms with Gasteiger partial charge in [-0.25, -0.2) is 4.98 Å². The van der Waals surface area contributed by atoms with Crippen LogP contribution in [0.2, 0.25) is 0 Å². The van der Waals surface area contributed by atoms with Crippen molar-refractivity contribution in [3.05, 3.63) is 48.0 Å². The van der Waals surface area contributed by atoms with E-state index in [-0.39, 0.29) is 11.8 Å². The Kier molecular flexibility index (Phi) is 5.27. The number of hydrogen-bond acceptors (Lipinski definition) is 3. The van der Waals surface area contributed by atoms with E-state index in [4.69, 9.17) is 0 Å². The van der Waals surface area contributed by atoms with Crippen LogP contribution in [0.3, 0.4) is 0 Å². The summed E-state index contributed by atoms with van der Waals surface area (Å²) in [5.41, 5.74) is 0.700.